The summed E-state index contributed by atoms with van der Waals surface area (Å²) >= 11 is 6.56. The topological polar surface area (TPSA) is 87.8 Å². The number of carbonyl (C=O) groups excluding carboxylic acids is 1. The van der Waals surface area contributed by atoms with Gasteiger partial charge in [0.05, 0.1) is 4.91 Å². The van der Waals surface area contributed by atoms with Crippen LogP contribution in [-0.2, 0) is 20.4 Å². The van der Waals surface area contributed by atoms with E-state index in [4.69, 9.17) is 21.7 Å². The lowest BCUT2D eigenvalue weighted by atomic mass is 10.2. The smallest absolute Gasteiger partial charge is 0.303 e. The molecule has 2 heterocycles. The van der Waals surface area contributed by atoms with Gasteiger partial charge in [0.2, 0.25) is 0 Å². The Kier molecular flexibility index (Phi) is 7.63. The van der Waals surface area contributed by atoms with Crippen LogP contribution in [0.5, 0.6) is 0 Å². The lowest BCUT2D eigenvalue weighted by molar-refractivity contribution is -0.137. The third-order valence-electron chi connectivity index (χ3n) is 4.52. The van der Waals surface area contributed by atoms with Crippen molar-refractivity contribution in [3.8, 4) is 11.3 Å². The molecule has 1 aromatic heterocycles. The van der Waals surface area contributed by atoms with Gasteiger partial charge in [-0.1, -0.05) is 42.5 Å². The van der Waals surface area contributed by atoms with Crippen molar-refractivity contribution in [1.29, 1.82) is 0 Å². The third kappa shape index (κ3) is 5.68. The average Bonchev–Trinajstić information content (AvgIpc) is 3.27. The highest BCUT2D eigenvalue weighted by atomic mass is 32.2. The van der Waals surface area contributed by atoms with E-state index in [2.05, 4.69) is 0 Å². The Labute approximate surface area is 186 Å². The molecule has 1 amide bonds. The number of amides is 1. The number of hydrogen-bond donors (Lipinski definition) is 1. The van der Waals surface area contributed by atoms with Crippen molar-refractivity contribution in [2.75, 3.05) is 12.8 Å². The van der Waals surface area contributed by atoms with Crippen molar-refractivity contribution in [3.63, 3.8) is 0 Å². The highest BCUT2D eigenvalue weighted by Gasteiger charge is 2.31. The van der Waals surface area contributed by atoms with Gasteiger partial charge < -0.3 is 9.52 Å². The molecule has 0 spiro atoms. The second-order valence-corrected chi connectivity index (χ2v) is 9.77. The van der Waals surface area contributed by atoms with E-state index in [0.29, 0.717) is 40.1 Å². The molecule has 1 aliphatic rings. The van der Waals surface area contributed by atoms with Crippen LogP contribution >= 0.6 is 24.0 Å². The third-order valence-corrected chi connectivity index (χ3v) is 6.83. The molecule has 1 N–H and O–H groups in total. The summed E-state index contributed by atoms with van der Waals surface area (Å²) in [4.78, 5) is 26.0. The first-order valence-corrected chi connectivity index (χ1v) is 12.1. The van der Waals surface area contributed by atoms with Crippen LogP contribution in [0.15, 0.2) is 50.6 Å². The summed E-state index contributed by atoms with van der Waals surface area (Å²) < 4.78 is 17.9. The van der Waals surface area contributed by atoms with Crippen LogP contribution in [0.3, 0.4) is 0 Å². The van der Waals surface area contributed by atoms with E-state index >= 15 is 0 Å². The maximum atomic E-state index is 12.7. The van der Waals surface area contributed by atoms with Crippen LogP contribution in [0, 0.1) is 0 Å². The predicted molar refractivity (Wildman–Crippen MR) is 122 cm³/mol. The van der Waals surface area contributed by atoms with Crippen molar-refractivity contribution in [2.24, 2.45) is 0 Å². The molecule has 0 radical (unpaired) electrons. The second-order valence-electron chi connectivity index (χ2n) is 6.72. The molecular formula is C21H21NO5S3. The largest absolute Gasteiger partial charge is 0.481 e. The van der Waals surface area contributed by atoms with Crippen LogP contribution in [0.1, 0.15) is 31.4 Å². The van der Waals surface area contributed by atoms with Gasteiger partial charge in [-0.3, -0.25) is 18.7 Å². The molecule has 1 saturated heterocycles. The zero-order valence-corrected chi connectivity index (χ0v) is 18.8. The minimum Gasteiger partial charge on any atom is -0.481 e. The number of carbonyl (C=O) groups is 2. The molecular weight excluding hydrogens is 442 g/mol. The van der Waals surface area contributed by atoms with Gasteiger partial charge in [0, 0.05) is 46.6 Å². The Balaban J connectivity index is 1.63. The number of rotatable bonds is 9. The van der Waals surface area contributed by atoms with Crippen LogP contribution < -0.4 is 0 Å². The molecule has 0 bridgehead atoms. The molecule has 0 aliphatic carbocycles. The Morgan fingerprint density at radius 3 is 2.60 bits per heavy atom. The Morgan fingerprint density at radius 2 is 1.93 bits per heavy atom. The maximum Gasteiger partial charge on any atom is 0.303 e. The fourth-order valence-electron chi connectivity index (χ4n) is 2.94. The number of furan rings is 1. The Hall–Kier alpha value is -2.23. The fraction of sp³-hybridized carbons (Fsp3) is 0.286. The number of nitrogens with zero attached hydrogens (tertiary/aromatic N) is 1. The monoisotopic (exact) mass is 463 g/mol. The van der Waals surface area contributed by atoms with Gasteiger partial charge in [0.15, 0.2) is 0 Å². The van der Waals surface area contributed by atoms with Gasteiger partial charge in [0.1, 0.15) is 15.8 Å². The summed E-state index contributed by atoms with van der Waals surface area (Å²) in [7, 11) is -1.03. The molecule has 3 rings (SSSR count). The Bertz CT molecular complexity index is 1010. The number of aliphatic carboxylic acids is 1. The van der Waals surface area contributed by atoms with Crippen LogP contribution in [0.2, 0.25) is 0 Å². The number of benzene rings is 1. The zero-order chi connectivity index (χ0) is 21.7. The van der Waals surface area contributed by atoms with E-state index < -0.39 is 16.8 Å². The van der Waals surface area contributed by atoms with E-state index in [1.165, 1.54) is 11.8 Å². The molecule has 0 saturated carbocycles. The minimum absolute atomic E-state index is 0.137. The molecule has 1 atom stereocenters. The molecule has 1 fully saturated rings. The second kappa shape index (κ2) is 10.2. The Morgan fingerprint density at radius 1 is 1.20 bits per heavy atom. The SMILES string of the molecule is CS(=O)c1ccc(-c2ccc(/C=C3\SC(=S)N(CCCCCC(=O)O)C3=O)o2)cc1. The zero-order valence-electron chi connectivity index (χ0n) is 16.3. The molecule has 1 aromatic carbocycles. The standard InChI is InChI=1S/C21H21NO5S3/c1-30(26)16-9-6-14(7-10-16)17-11-8-15(27-17)13-18-20(25)22(21(28)29-18)12-4-2-3-5-19(23)24/h6-11,13H,2-5,12H2,1H3,(H,23,24)/b18-13-. The molecule has 1 aliphatic heterocycles. The van der Waals surface area contributed by atoms with E-state index in [1.807, 2.05) is 18.2 Å². The number of hydrogen-bond acceptors (Lipinski definition) is 6. The molecule has 30 heavy (non-hydrogen) atoms. The summed E-state index contributed by atoms with van der Waals surface area (Å²) in [6.45, 7) is 0.482. The van der Waals surface area contributed by atoms with E-state index in [1.54, 1.807) is 35.4 Å². The quantitative estimate of drug-likeness (QED) is 0.332. The summed E-state index contributed by atoms with van der Waals surface area (Å²) in [6.07, 6.45) is 5.47. The first kappa shape index (κ1) is 22.5. The van der Waals surface area contributed by atoms with Gasteiger partial charge in [-0.2, -0.15) is 0 Å². The maximum absolute atomic E-state index is 12.7. The van der Waals surface area contributed by atoms with Gasteiger partial charge in [-0.05, 0) is 37.1 Å². The van der Waals surface area contributed by atoms with Crippen LogP contribution in [-0.4, -0.2) is 43.2 Å². The summed E-state index contributed by atoms with van der Waals surface area (Å²) in [5.41, 5.74) is 0.859. The summed E-state index contributed by atoms with van der Waals surface area (Å²) in [5.74, 6) is 0.243. The summed E-state index contributed by atoms with van der Waals surface area (Å²) in [6, 6.07) is 10.9. The summed E-state index contributed by atoms with van der Waals surface area (Å²) in [5, 5.41) is 8.67. The molecule has 2 aromatic rings. The lowest BCUT2D eigenvalue weighted by Gasteiger charge is -2.13. The van der Waals surface area contributed by atoms with E-state index in [-0.39, 0.29) is 12.3 Å². The van der Waals surface area contributed by atoms with Gasteiger partial charge in [-0.15, -0.1) is 0 Å². The number of carboxylic acids is 1. The molecule has 6 nitrogen and oxygen atoms in total. The normalized spacial score (nSPS) is 16.4. The molecule has 1 unspecified atom stereocenters. The lowest BCUT2D eigenvalue weighted by Crippen LogP contribution is -2.29. The van der Waals surface area contributed by atoms with Gasteiger partial charge in [0.25, 0.3) is 5.91 Å². The van der Waals surface area contributed by atoms with Crippen LogP contribution in [0.25, 0.3) is 17.4 Å². The number of thioether (sulfide) groups is 1. The number of unbranched alkanes of at least 4 members (excludes halogenated alkanes) is 2. The first-order chi connectivity index (χ1) is 14.3. The van der Waals surface area contributed by atoms with Crippen molar-refractivity contribution >= 4 is 57.1 Å². The minimum atomic E-state index is -1.03. The van der Waals surface area contributed by atoms with E-state index in [9.17, 15) is 13.8 Å². The van der Waals surface area contributed by atoms with Gasteiger partial charge >= 0.3 is 5.97 Å². The van der Waals surface area contributed by atoms with Crippen molar-refractivity contribution in [2.45, 2.75) is 30.6 Å². The highest BCUT2D eigenvalue weighted by Crippen LogP contribution is 2.34. The fourth-order valence-corrected chi connectivity index (χ4v) is 4.75. The van der Waals surface area contributed by atoms with Crippen molar-refractivity contribution in [1.82, 2.24) is 4.90 Å². The predicted octanol–water partition coefficient (Wildman–Crippen LogP) is 4.53. The highest BCUT2D eigenvalue weighted by molar-refractivity contribution is 8.26. The number of thiocarbonyl (C=S) groups is 1. The van der Waals surface area contributed by atoms with Crippen molar-refractivity contribution in [3.05, 3.63) is 47.1 Å². The molecule has 9 heteroatoms. The van der Waals surface area contributed by atoms with Crippen LogP contribution in [0.4, 0.5) is 0 Å². The van der Waals surface area contributed by atoms with Crippen molar-refractivity contribution < 1.29 is 23.3 Å². The average molecular weight is 464 g/mol. The van der Waals surface area contributed by atoms with Gasteiger partial charge in [-0.25, -0.2) is 0 Å². The van der Waals surface area contributed by atoms with E-state index in [0.717, 1.165) is 16.9 Å². The first-order valence-electron chi connectivity index (χ1n) is 9.36. The molecule has 158 valence electrons. The number of carboxylic acid groups (broad SMARTS) is 1.